The monoisotopic (exact) mass is 1120 g/mol. The maximum absolute atomic E-state index is 9.75. The molecule has 2 atom stereocenters. The van der Waals surface area contributed by atoms with E-state index < -0.39 is 25.9 Å². The summed E-state index contributed by atoms with van der Waals surface area (Å²) in [5, 5.41) is 2.97. The van der Waals surface area contributed by atoms with Crippen molar-refractivity contribution in [3.8, 4) is 33.4 Å². The number of fused-ring (bicyclic) bond motifs is 5. The molecule has 0 radical (unpaired) electrons. The van der Waals surface area contributed by atoms with Crippen LogP contribution in [-0.4, -0.2) is 9.52 Å². The molecule has 2 unspecified atom stereocenters. The van der Waals surface area contributed by atoms with Crippen LogP contribution >= 0.6 is 17.0 Å². The number of aryl methyl sites for hydroxylation is 2. The van der Waals surface area contributed by atoms with Crippen LogP contribution in [0, 0.1) is 11.8 Å². The summed E-state index contributed by atoms with van der Waals surface area (Å²) in [7, 11) is 18.6. The first-order chi connectivity index (χ1) is 34.5. The Labute approximate surface area is 459 Å². The third kappa shape index (κ3) is 9.47. The molecule has 3 aliphatic rings. The molecular formula is C70H87Cl2SiZr. The van der Waals surface area contributed by atoms with Crippen molar-refractivity contribution in [3.05, 3.63) is 170 Å². The van der Waals surface area contributed by atoms with E-state index in [1.165, 1.54) is 114 Å². The summed E-state index contributed by atoms with van der Waals surface area (Å²) in [4.78, 5) is 0. The first kappa shape index (κ1) is 55.2. The fourth-order valence-corrected chi connectivity index (χ4v) is 41.5. The van der Waals surface area contributed by atoms with Crippen LogP contribution in [0.2, 0.25) is 0 Å². The van der Waals surface area contributed by atoms with E-state index in [0.29, 0.717) is 0 Å². The molecule has 0 bridgehead atoms. The molecule has 0 N–H and O–H groups in total. The zero-order valence-electron chi connectivity index (χ0n) is 48.6. The third-order valence-corrected chi connectivity index (χ3v) is 40.0. The third-order valence-electron chi connectivity index (χ3n) is 17.3. The fraction of sp³-hybridized carbons (Fsp3) is 0.429. The fourth-order valence-electron chi connectivity index (χ4n) is 13.2. The summed E-state index contributed by atoms with van der Waals surface area (Å²) in [5.41, 5.74) is 24.5. The van der Waals surface area contributed by atoms with Gasteiger partial charge in [0.2, 0.25) is 0 Å². The molecule has 1 aliphatic heterocycles. The average molecular weight is 1120 g/mol. The summed E-state index contributed by atoms with van der Waals surface area (Å²) < 4.78 is 0.988. The molecule has 6 aromatic rings. The molecule has 389 valence electrons. The Kier molecular flexibility index (Phi) is 14.5. The van der Waals surface area contributed by atoms with E-state index in [4.69, 9.17) is 0 Å². The molecular weight excluding hydrogens is 1030 g/mol. The van der Waals surface area contributed by atoms with Crippen LogP contribution < -0.4 is 13.6 Å². The van der Waals surface area contributed by atoms with Gasteiger partial charge in [0.25, 0.3) is 0 Å². The quantitative estimate of drug-likeness (QED) is 0.113. The molecule has 0 saturated carbocycles. The van der Waals surface area contributed by atoms with Crippen molar-refractivity contribution in [3.63, 3.8) is 0 Å². The van der Waals surface area contributed by atoms with E-state index in [-0.39, 0.29) is 40.7 Å². The van der Waals surface area contributed by atoms with Crippen LogP contribution in [0.15, 0.2) is 114 Å². The molecule has 0 amide bonds. The summed E-state index contributed by atoms with van der Waals surface area (Å²) >= 11 is -5.89. The second-order valence-electron chi connectivity index (χ2n) is 27.6. The number of hydrogen-bond acceptors (Lipinski definition) is 0. The standard InChI is InChI=1S/2C29H39.C12H9Si.2ClH.Zr/c2*1-10-11-20-12-13-21-14-22(19(2)3)17-26(21)27(20)23-15-24(28(4,5)6)18-25(16-23)29(7,8)9;1-3-7-11-9(5-1)10-6-2-4-8-12(10)13-11;;;/h2*12-19H,10-11H2,1-9H3;1-7H,13H2;2*1H;/q;;;;;+2/p-2. The van der Waals surface area contributed by atoms with Gasteiger partial charge >= 0.3 is 463 Å². The number of rotatable bonds is 11. The molecule has 0 spiro atoms. The SMILES string of the molecule is CCCc1ccc2c(c1-c1cc(C(C)(C)C)cc(C(C)(C)C)c1)C=C(C(C)C)[CH]2[Zr]([Cl])([Cl])([c]1cccc2c1[SiH2]c1ccccc1-2)[CH]1C(C(C)C)=Cc2c1ccc(CCC)c2-c1cc(C(C)(C)C)cc(C(C)(C)C)c1. The Morgan fingerprint density at radius 2 is 0.878 bits per heavy atom. The minimum absolute atomic E-state index is 0.0227. The van der Waals surface area contributed by atoms with Crippen molar-refractivity contribution in [1.82, 2.24) is 0 Å². The first-order valence-electron chi connectivity index (χ1n) is 28.3. The first-order valence-corrected chi connectivity index (χ1v) is 40.1. The summed E-state index contributed by atoms with van der Waals surface area (Å²) in [6, 6.07) is 41.3. The van der Waals surface area contributed by atoms with Gasteiger partial charge in [-0.3, -0.25) is 0 Å². The van der Waals surface area contributed by atoms with Gasteiger partial charge in [0.05, 0.1) is 0 Å². The van der Waals surface area contributed by atoms with Gasteiger partial charge in [-0.2, -0.15) is 0 Å². The molecule has 0 saturated heterocycles. The molecule has 9 rings (SSSR count). The van der Waals surface area contributed by atoms with E-state index in [2.05, 4.69) is 240 Å². The Morgan fingerprint density at radius 3 is 1.26 bits per heavy atom. The van der Waals surface area contributed by atoms with Gasteiger partial charge in [0.15, 0.2) is 0 Å². The average Bonchev–Trinajstić information content (AvgIpc) is 4.03. The van der Waals surface area contributed by atoms with Crippen LogP contribution in [0.3, 0.4) is 0 Å². The van der Waals surface area contributed by atoms with Gasteiger partial charge in [-0.05, 0) is 0 Å². The topological polar surface area (TPSA) is 0 Å². The van der Waals surface area contributed by atoms with E-state index in [1.807, 2.05) is 0 Å². The molecule has 6 aromatic carbocycles. The predicted molar refractivity (Wildman–Crippen MR) is 329 cm³/mol. The van der Waals surface area contributed by atoms with Crippen LogP contribution in [0.4, 0.5) is 0 Å². The normalized spacial score (nSPS) is 17.6. The zero-order chi connectivity index (χ0) is 53.9. The van der Waals surface area contributed by atoms with Crippen LogP contribution in [-0.2, 0) is 50.9 Å². The van der Waals surface area contributed by atoms with Crippen molar-refractivity contribution in [1.29, 1.82) is 0 Å². The van der Waals surface area contributed by atoms with E-state index >= 15 is 0 Å². The maximum atomic E-state index is 9.75. The van der Waals surface area contributed by atoms with Gasteiger partial charge < -0.3 is 0 Å². The van der Waals surface area contributed by atoms with Gasteiger partial charge in [-0.25, -0.2) is 0 Å². The minimum atomic E-state index is -5.89. The Morgan fingerprint density at radius 1 is 0.486 bits per heavy atom. The molecule has 74 heavy (non-hydrogen) atoms. The van der Waals surface area contributed by atoms with Crippen LogP contribution in [0.1, 0.15) is 200 Å². The van der Waals surface area contributed by atoms with Gasteiger partial charge in [0, 0.05) is 0 Å². The van der Waals surface area contributed by atoms with Gasteiger partial charge in [-0.1, -0.05) is 0 Å². The Hall–Kier alpha value is -3.52. The van der Waals surface area contributed by atoms with Crippen LogP contribution in [0.25, 0.3) is 45.5 Å². The molecule has 4 heteroatoms. The van der Waals surface area contributed by atoms with Crippen molar-refractivity contribution >= 4 is 52.3 Å². The van der Waals surface area contributed by atoms with E-state index in [1.54, 1.807) is 0 Å². The number of benzene rings is 6. The van der Waals surface area contributed by atoms with Gasteiger partial charge in [-0.15, -0.1) is 0 Å². The number of halogens is 2. The second-order valence-corrected chi connectivity index (χ2v) is 50.0. The van der Waals surface area contributed by atoms with Crippen molar-refractivity contribution < 1.29 is 16.4 Å². The Bertz CT molecular complexity index is 3020. The molecule has 0 fully saturated rings. The van der Waals surface area contributed by atoms with Gasteiger partial charge in [0.1, 0.15) is 0 Å². The number of hydrogen-bond donors (Lipinski definition) is 0. The predicted octanol–water partition coefficient (Wildman–Crippen LogP) is 18.4. The van der Waals surface area contributed by atoms with Crippen molar-refractivity contribution in [2.75, 3.05) is 0 Å². The molecule has 0 aromatic heterocycles. The summed E-state index contributed by atoms with van der Waals surface area (Å²) in [6.45, 7) is 42.6. The van der Waals surface area contributed by atoms with Crippen molar-refractivity contribution in [2.45, 2.75) is 179 Å². The Balaban J connectivity index is 1.42. The number of allylic oxidation sites excluding steroid dienone is 2. The molecule has 2 aliphatic carbocycles. The van der Waals surface area contributed by atoms with E-state index in [9.17, 15) is 17.0 Å². The summed E-state index contributed by atoms with van der Waals surface area (Å²) in [6.07, 6.45) is 9.37. The zero-order valence-corrected chi connectivity index (χ0v) is 54.0. The molecule has 0 nitrogen and oxygen atoms in total. The van der Waals surface area contributed by atoms with Crippen molar-refractivity contribution in [2.24, 2.45) is 11.8 Å². The van der Waals surface area contributed by atoms with E-state index in [0.717, 1.165) is 25.7 Å². The second kappa shape index (κ2) is 19.4. The summed E-state index contributed by atoms with van der Waals surface area (Å²) in [5.74, 6) is 0.423. The molecule has 1 heterocycles. The van der Waals surface area contributed by atoms with Crippen LogP contribution in [0.5, 0.6) is 0 Å².